The van der Waals surface area contributed by atoms with Gasteiger partial charge in [-0.05, 0) is 34.4 Å². The second-order valence-corrected chi connectivity index (χ2v) is 13.4. The van der Waals surface area contributed by atoms with Crippen molar-refractivity contribution in [3.63, 3.8) is 0 Å². The van der Waals surface area contributed by atoms with Crippen LogP contribution in [0.3, 0.4) is 0 Å². The summed E-state index contributed by atoms with van der Waals surface area (Å²) in [5.74, 6) is 0.582. The van der Waals surface area contributed by atoms with E-state index in [-0.39, 0.29) is 17.7 Å². The van der Waals surface area contributed by atoms with Crippen LogP contribution in [0.15, 0.2) is 72.8 Å². The van der Waals surface area contributed by atoms with Crippen molar-refractivity contribution >= 4 is 11.8 Å². The topological polar surface area (TPSA) is 174 Å². The van der Waals surface area contributed by atoms with Crippen molar-refractivity contribution in [2.75, 3.05) is 159 Å². The fourth-order valence-corrected chi connectivity index (χ4v) is 5.96. The largest absolute Gasteiger partial charge is 0.491 e. The number of amides is 1. The van der Waals surface area contributed by atoms with Crippen LogP contribution >= 0.6 is 0 Å². The summed E-state index contributed by atoms with van der Waals surface area (Å²) in [7, 11) is 1.71. The zero-order chi connectivity index (χ0) is 43.0. The van der Waals surface area contributed by atoms with Crippen LogP contribution in [-0.2, 0) is 52.1 Å². The second kappa shape index (κ2) is 31.6. The van der Waals surface area contributed by atoms with Gasteiger partial charge in [-0.15, -0.1) is 0 Å². The van der Waals surface area contributed by atoms with Gasteiger partial charge in [-0.2, -0.15) is 0 Å². The maximum Gasteiger partial charge on any atom is 0.409 e. The number of nitro benzene ring substituents is 1. The van der Waals surface area contributed by atoms with Crippen molar-refractivity contribution in [2.24, 2.45) is 0 Å². The van der Waals surface area contributed by atoms with Crippen LogP contribution in [0, 0.1) is 10.1 Å². The van der Waals surface area contributed by atoms with Crippen molar-refractivity contribution in [1.29, 1.82) is 0 Å². The number of rotatable bonds is 37. The maximum absolute atomic E-state index is 12.6. The Morgan fingerprint density at radius 2 is 0.852 bits per heavy atom. The third-order valence-electron chi connectivity index (χ3n) is 9.11. The molecule has 1 aliphatic rings. The molecule has 61 heavy (non-hydrogen) atoms. The molecule has 3 aromatic rings. The van der Waals surface area contributed by atoms with Crippen LogP contribution in [0.25, 0.3) is 11.1 Å². The van der Waals surface area contributed by atoms with Crippen LogP contribution in [0.1, 0.15) is 17.0 Å². The van der Waals surface area contributed by atoms with Crippen LogP contribution in [0.2, 0.25) is 0 Å². The highest BCUT2D eigenvalue weighted by Crippen LogP contribution is 2.44. The van der Waals surface area contributed by atoms with Crippen molar-refractivity contribution in [1.82, 2.24) is 4.90 Å². The molecule has 0 saturated carbocycles. The molecule has 0 unspecified atom stereocenters. The van der Waals surface area contributed by atoms with E-state index in [0.29, 0.717) is 158 Å². The number of fused-ring (bicyclic) bond motifs is 3. The lowest BCUT2D eigenvalue weighted by molar-refractivity contribution is -0.384. The quantitative estimate of drug-likeness (QED) is 0.0429. The van der Waals surface area contributed by atoms with Gasteiger partial charge < -0.3 is 61.7 Å². The number of hydrogen-bond donors (Lipinski definition) is 0. The molecule has 1 amide bonds. The molecule has 0 aromatic heterocycles. The SMILES string of the molecule is CN(CCOCCOCCOCCOCCOCCOCCOCCOCCOCCOCCOc1ccc([N+](=O)[O-])cc1)C(=O)OCC1c2ccccc2-c2ccccc21. The lowest BCUT2D eigenvalue weighted by atomic mass is 9.98. The van der Waals surface area contributed by atoms with Gasteiger partial charge in [-0.1, -0.05) is 48.5 Å². The molecule has 0 saturated heterocycles. The van der Waals surface area contributed by atoms with Gasteiger partial charge in [0.2, 0.25) is 0 Å². The summed E-state index contributed by atoms with van der Waals surface area (Å²) in [5.41, 5.74) is 4.80. The standard InChI is InChI=1S/C44H62N2O15/c1-45(44(47)61-36-43-41-8-4-2-6-39(41)40-7-3-5-9-42(40)43)14-15-50-16-17-51-18-19-52-20-21-53-22-23-54-24-25-55-26-27-56-28-29-57-30-31-58-32-33-59-34-35-60-38-12-10-37(11-13-38)46(48)49/h2-13,43H,14-36H2,1H3. The summed E-state index contributed by atoms with van der Waals surface area (Å²) >= 11 is 0. The summed E-state index contributed by atoms with van der Waals surface area (Å²) in [5, 5.41) is 10.7. The first kappa shape index (κ1) is 49.4. The third kappa shape index (κ3) is 20.4. The Hall–Kier alpha value is -4.27. The fourth-order valence-electron chi connectivity index (χ4n) is 5.96. The van der Waals surface area contributed by atoms with E-state index in [9.17, 15) is 14.9 Å². The van der Waals surface area contributed by atoms with Gasteiger partial charge >= 0.3 is 6.09 Å². The van der Waals surface area contributed by atoms with Crippen LogP contribution in [-0.4, -0.2) is 175 Å². The first-order valence-corrected chi connectivity index (χ1v) is 20.8. The van der Waals surface area contributed by atoms with Gasteiger partial charge in [-0.25, -0.2) is 4.79 Å². The number of likely N-dealkylation sites (N-methyl/N-ethyl adjacent to an activating group) is 1. The number of ether oxygens (including phenoxy) is 12. The fraction of sp³-hybridized carbons (Fsp3) is 0.568. The predicted molar refractivity (Wildman–Crippen MR) is 224 cm³/mol. The van der Waals surface area contributed by atoms with Crippen LogP contribution < -0.4 is 4.74 Å². The Morgan fingerprint density at radius 1 is 0.508 bits per heavy atom. The Morgan fingerprint density at radius 3 is 1.23 bits per heavy atom. The van der Waals surface area contributed by atoms with E-state index in [0.717, 1.165) is 0 Å². The average Bonchev–Trinajstić information content (AvgIpc) is 3.60. The number of carbonyl (C=O) groups excluding carboxylic acids is 1. The number of hydrogen-bond acceptors (Lipinski definition) is 15. The van der Waals surface area contributed by atoms with E-state index in [2.05, 4.69) is 24.3 Å². The summed E-state index contributed by atoms with van der Waals surface area (Å²) in [6.07, 6.45) is -0.371. The monoisotopic (exact) mass is 858 g/mol. The molecule has 4 rings (SSSR count). The Kier molecular flexibility index (Phi) is 25.5. The molecule has 0 fully saturated rings. The van der Waals surface area contributed by atoms with Gasteiger partial charge in [0.05, 0.1) is 137 Å². The molecule has 0 radical (unpaired) electrons. The van der Waals surface area contributed by atoms with Crippen molar-refractivity contribution in [3.8, 4) is 16.9 Å². The number of non-ortho nitro benzene ring substituents is 1. The zero-order valence-electron chi connectivity index (χ0n) is 35.3. The summed E-state index contributed by atoms with van der Waals surface area (Å²) in [6.45, 7) is 10.1. The first-order chi connectivity index (χ1) is 30.0. The first-order valence-electron chi connectivity index (χ1n) is 20.8. The van der Waals surface area contributed by atoms with Gasteiger partial charge in [0.15, 0.2) is 0 Å². The van der Waals surface area contributed by atoms with Crippen molar-refractivity contribution < 1.29 is 66.6 Å². The summed E-state index contributed by atoms with van der Waals surface area (Å²) < 4.78 is 66.2. The molecule has 17 nitrogen and oxygen atoms in total. The minimum atomic E-state index is -0.454. The van der Waals surface area contributed by atoms with E-state index in [1.54, 1.807) is 19.2 Å². The van der Waals surface area contributed by atoms with E-state index in [1.807, 2.05) is 24.3 Å². The van der Waals surface area contributed by atoms with E-state index < -0.39 is 4.92 Å². The average molecular weight is 859 g/mol. The Balaban J connectivity index is 0.789. The highest BCUT2D eigenvalue weighted by Gasteiger charge is 2.29. The summed E-state index contributed by atoms with van der Waals surface area (Å²) in [6, 6.07) is 22.5. The predicted octanol–water partition coefficient (Wildman–Crippen LogP) is 5.02. The van der Waals surface area contributed by atoms with Gasteiger partial charge in [0.1, 0.15) is 19.0 Å². The number of nitrogens with zero attached hydrogens (tertiary/aromatic N) is 2. The smallest absolute Gasteiger partial charge is 0.409 e. The minimum Gasteiger partial charge on any atom is -0.491 e. The van der Waals surface area contributed by atoms with E-state index >= 15 is 0 Å². The molecular formula is C44H62N2O15. The van der Waals surface area contributed by atoms with E-state index in [1.165, 1.54) is 39.3 Å². The molecule has 0 heterocycles. The lowest BCUT2D eigenvalue weighted by Gasteiger charge is -2.19. The van der Waals surface area contributed by atoms with Gasteiger partial charge in [0.25, 0.3) is 5.69 Å². The van der Waals surface area contributed by atoms with E-state index in [4.69, 9.17) is 56.8 Å². The number of nitro groups is 1. The minimum absolute atomic E-state index is 0.0213. The number of benzene rings is 3. The molecular weight excluding hydrogens is 796 g/mol. The summed E-state index contributed by atoms with van der Waals surface area (Å²) in [4.78, 5) is 24.4. The highest BCUT2D eigenvalue weighted by atomic mass is 16.6. The Labute approximate surface area is 358 Å². The molecule has 0 N–H and O–H groups in total. The second-order valence-electron chi connectivity index (χ2n) is 13.4. The molecule has 0 spiro atoms. The Bertz CT molecular complexity index is 1570. The molecule has 338 valence electrons. The highest BCUT2D eigenvalue weighted by molar-refractivity contribution is 5.79. The number of carbonyl (C=O) groups is 1. The normalized spacial score (nSPS) is 12.0. The van der Waals surface area contributed by atoms with Crippen molar-refractivity contribution in [2.45, 2.75) is 5.92 Å². The van der Waals surface area contributed by atoms with Gasteiger partial charge in [0, 0.05) is 31.6 Å². The molecule has 0 aliphatic heterocycles. The van der Waals surface area contributed by atoms with Gasteiger partial charge in [-0.3, -0.25) is 10.1 Å². The van der Waals surface area contributed by atoms with Crippen LogP contribution in [0.5, 0.6) is 5.75 Å². The molecule has 1 aliphatic carbocycles. The lowest BCUT2D eigenvalue weighted by Crippen LogP contribution is -2.32. The van der Waals surface area contributed by atoms with Crippen molar-refractivity contribution in [3.05, 3.63) is 94.0 Å². The van der Waals surface area contributed by atoms with Crippen LogP contribution in [0.4, 0.5) is 10.5 Å². The molecule has 0 atom stereocenters. The molecule has 0 bridgehead atoms. The maximum atomic E-state index is 12.6. The zero-order valence-corrected chi connectivity index (χ0v) is 35.3. The molecule has 17 heteroatoms. The third-order valence-corrected chi connectivity index (χ3v) is 9.11. The molecule has 3 aromatic carbocycles.